The number of ether oxygens (including phenoxy) is 1. The van der Waals surface area contributed by atoms with Crippen LogP contribution in [0.4, 0.5) is 0 Å². The maximum absolute atomic E-state index is 12.5. The summed E-state index contributed by atoms with van der Waals surface area (Å²) in [7, 11) is 0. The maximum atomic E-state index is 12.5. The van der Waals surface area contributed by atoms with Crippen LogP contribution < -0.4 is 0 Å². The van der Waals surface area contributed by atoms with Crippen molar-refractivity contribution in [2.24, 2.45) is 34.5 Å². The maximum Gasteiger partial charge on any atom is 0.306 e. The van der Waals surface area contributed by atoms with E-state index in [0.717, 1.165) is 38.5 Å². The van der Waals surface area contributed by atoms with Gasteiger partial charge in [0.15, 0.2) is 0 Å². The summed E-state index contributed by atoms with van der Waals surface area (Å²) in [5.74, 6) is 1.69. The van der Waals surface area contributed by atoms with Crippen molar-refractivity contribution in [1.29, 1.82) is 0 Å². The minimum Gasteiger partial charge on any atom is -0.481 e. The molecule has 0 saturated heterocycles. The van der Waals surface area contributed by atoms with Gasteiger partial charge in [0.05, 0.1) is 12.8 Å². The highest BCUT2D eigenvalue weighted by atomic mass is 16.5. The molecule has 0 heterocycles. The first-order valence-electron chi connectivity index (χ1n) is 11.2. The fourth-order valence-corrected chi connectivity index (χ4v) is 7.55. The summed E-state index contributed by atoms with van der Waals surface area (Å²) in [4.78, 5) is 35.1. The number of carbonyl (C=O) groups excluding carboxylic acids is 2. The summed E-state index contributed by atoms with van der Waals surface area (Å²) in [5, 5.41) is 8.74. The SMILES string of the molecule is C[C@]12CCC(OC(=O)CCC(=O)O)CC1CCC1C2CC[C@]2(C)C(=O)CCC12. The lowest BCUT2D eigenvalue weighted by Crippen LogP contribution is -2.54. The van der Waals surface area contributed by atoms with Crippen LogP contribution in [0.15, 0.2) is 0 Å². The van der Waals surface area contributed by atoms with E-state index >= 15 is 0 Å². The van der Waals surface area contributed by atoms with Crippen molar-refractivity contribution in [2.75, 3.05) is 0 Å². The zero-order valence-electron chi connectivity index (χ0n) is 17.2. The van der Waals surface area contributed by atoms with Crippen molar-refractivity contribution in [3.8, 4) is 0 Å². The van der Waals surface area contributed by atoms with Gasteiger partial charge in [0, 0.05) is 11.8 Å². The number of hydrogen-bond donors (Lipinski definition) is 1. The molecule has 28 heavy (non-hydrogen) atoms. The Morgan fingerprint density at radius 3 is 2.57 bits per heavy atom. The third-order valence-electron chi connectivity index (χ3n) is 9.17. The number of carboxylic acids is 1. The largest absolute Gasteiger partial charge is 0.481 e. The van der Waals surface area contributed by atoms with Crippen LogP contribution in [0.1, 0.15) is 84.5 Å². The van der Waals surface area contributed by atoms with E-state index in [0.29, 0.717) is 34.9 Å². The van der Waals surface area contributed by atoms with Crippen molar-refractivity contribution < 1.29 is 24.2 Å². The summed E-state index contributed by atoms with van der Waals surface area (Å²) in [6.07, 6.45) is 9.08. The van der Waals surface area contributed by atoms with Crippen LogP contribution in [0, 0.1) is 34.5 Å². The lowest BCUT2D eigenvalue weighted by Gasteiger charge is -2.60. The summed E-state index contributed by atoms with van der Waals surface area (Å²) >= 11 is 0. The van der Waals surface area contributed by atoms with Gasteiger partial charge in [0.2, 0.25) is 0 Å². The number of aliphatic carboxylic acids is 1. The van der Waals surface area contributed by atoms with Crippen LogP contribution >= 0.6 is 0 Å². The van der Waals surface area contributed by atoms with Gasteiger partial charge >= 0.3 is 11.9 Å². The Hall–Kier alpha value is -1.39. The van der Waals surface area contributed by atoms with Crippen LogP contribution in [-0.2, 0) is 19.1 Å². The molecule has 0 bridgehead atoms. The van der Waals surface area contributed by atoms with E-state index < -0.39 is 5.97 Å². The average molecular weight is 391 g/mol. The van der Waals surface area contributed by atoms with Crippen molar-refractivity contribution in [3.63, 3.8) is 0 Å². The lowest BCUT2D eigenvalue weighted by molar-refractivity contribution is -0.163. The van der Waals surface area contributed by atoms with Gasteiger partial charge in [-0.1, -0.05) is 13.8 Å². The molecule has 156 valence electrons. The Balaban J connectivity index is 1.41. The molecular weight excluding hydrogens is 356 g/mol. The van der Waals surface area contributed by atoms with E-state index in [-0.39, 0.29) is 30.3 Å². The minimum atomic E-state index is -0.957. The predicted molar refractivity (Wildman–Crippen MR) is 103 cm³/mol. The van der Waals surface area contributed by atoms with Gasteiger partial charge in [0.1, 0.15) is 11.9 Å². The van der Waals surface area contributed by atoms with E-state index in [2.05, 4.69) is 13.8 Å². The number of Topliss-reactive ketones (excluding diaryl/α,β-unsaturated/α-hetero) is 1. The number of rotatable bonds is 4. The Labute approximate surface area is 167 Å². The summed E-state index contributed by atoms with van der Waals surface area (Å²) in [6, 6.07) is 0. The number of fused-ring (bicyclic) bond motifs is 5. The first-order valence-corrected chi connectivity index (χ1v) is 11.2. The van der Waals surface area contributed by atoms with Crippen LogP contribution in [0.25, 0.3) is 0 Å². The van der Waals surface area contributed by atoms with Gasteiger partial charge in [-0.2, -0.15) is 0 Å². The molecule has 4 rings (SSSR count). The number of hydrogen-bond acceptors (Lipinski definition) is 4. The van der Waals surface area contributed by atoms with Gasteiger partial charge in [-0.25, -0.2) is 0 Å². The van der Waals surface area contributed by atoms with Gasteiger partial charge in [-0.15, -0.1) is 0 Å². The van der Waals surface area contributed by atoms with Gasteiger partial charge in [-0.3, -0.25) is 14.4 Å². The van der Waals surface area contributed by atoms with E-state index in [1.807, 2.05) is 0 Å². The monoisotopic (exact) mass is 390 g/mol. The number of carboxylic acid groups (broad SMARTS) is 1. The Bertz CT molecular complexity index is 672. The summed E-state index contributed by atoms with van der Waals surface area (Å²) in [5.41, 5.74) is 0.223. The molecule has 7 atom stereocenters. The van der Waals surface area contributed by atoms with E-state index in [1.54, 1.807) is 0 Å². The Kier molecular flexibility index (Phi) is 5.08. The molecule has 4 fully saturated rings. The molecule has 0 aromatic heterocycles. The van der Waals surface area contributed by atoms with Gasteiger partial charge in [0.25, 0.3) is 0 Å². The third kappa shape index (κ3) is 3.19. The molecule has 0 aromatic carbocycles. The zero-order valence-corrected chi connectivity index (χ0v) is 17.2. The molecule has 0 spiro atoms. The van der Waals surface area contributed by atoms with Gasteiger partial charge in [-0.05, 0) is 80.5 Å². The molecule has 5 heteroatoms. The molecule has 0 aromatic rings. The summed E-state index contributed by atoms with van der Waals surface area (Å²) in [6.45, 7) is 4.68. The zero-order chi connectivity index (χ0) is 20.1. The first kappa shape index (κ1) is 19.9. The van der Waals surface area contributed by atoms with Crippen molar-refractivity contribution >= 4 is 17.7 Å². The minimum absolute atomic E-state index is 0.0350. The fraction of sp³-hybridized carbons (Fsp3) is 0.870. The quantitative estimate of drug-likeness (QED) is 0.721. The highest BCUT2D eigenvalue weighted by Crippen LogP contribution is 2.65. The lowest BCUT2D eigenvalue weighted by atomic mass is 9.45. The molecule has 5 unspecified atom stereocenters. The van der Waals surface area contributed by atoms with E-state index in [4.69, 9.17) is 9.84 Å². The van der Waals surface area contributed by atoms with Crippen molar-refractivity contribution in [3.05, 3.63) is 0 Å². The molecule has 5 nitrogen and oxygen atoms in total. The number of esters is 1. The number of carbonyl (C=O) groups is 3. The second-order valence-electron chi connectivity index (χ2n) is 10.4. The second kappa shape index (κ2) is 7.14. The van der Waals surface area contributed by atoms with Crippen molar-refractivity contribution in [1.82, 2.24) is 0 Å². The van der Waals surface area contributed by atoms with Crippen LogP contribution in [-0.4, -0.2) is 28.9 Å². The van der Waals surface area contributed by atoms with E-state index in [9.17, 15) is 14.4 Å². The molecule has 0 aliphatic heterocycles. The Morgan fingerprint density at radius 1 is 1.04 bits per heavy atom. The van der Waals surface area contributed by atoms with Crippen molar-refractivity contribution in [2.45, 2.75) is 90.6 Å². The molecule has 4 saturated carbocycles. The molecule has 0 radical (unpaired) electrons. The van der Waals surface area contributed by atoms with Gasteiger partial charge < -0.3 is 9.84 Å². The Morgan fingerprint density at radius 2 is 1.82 bits per heavy atom. The van der Waals surface area contributed by atoms with Crippen LogP contribution in [0.2, 0.25) is 0 Å². The molecule has 4 aliphatic rings. The highest BCUT2D eigenvalue weighted by Gasteiger charge is 2.60. The normalized spacial score (nSPS) is 44.9. The highest BCUT2D eigenvalue weighted by molar-refractivity contribution is 5.87. The molecular formula is C23H34O5. The van der Waals surface area contributed by atoms with E-state index in [1.165, 1.54) is 19.3 Å². The topological polar surface area (TPSA) is 80.7 Å². The van der Waals surface area contributed by atoms with Crippen LogP contribution in [0.5, 0.6) is 0 Å². The number of ketones is 1. The standard InChI is InChI=1S/C23H34O5/c1-22-11-9-15(28-21(27)8-7-20(25)26)13-14(22)3-4-16-17-5-6-19(24)23(17,2)12-10-18(16)22/h14-18H,3-13H2,1-2H3,(H,25,26)/t14?,15?,16?,17?,18?,22-,23-/m0/s1. The molecule has 4 aliphatic carbocycles. The molecule has 1 N–H and O–H groups in total. The third-order valence-corrected chi connectivity index (χ3v) is 9.17. The second-order valence-corrected chi connectivity index (χ2v) is 10.4. The molecule has 0 amide bonds. The predicted octanol–water partition coefficient (Wildman–Crippen LogP) is 4.37. The average Bonchev–Trinajstić information content (AvgIpc) is 2.95. The summed E-state index contributed by atoms with van der Waals surface area (Å²) < 4.78 is 5.62. The first-order chi connectivity index (χ1) is 13.2. The fourth-order valence-electron chi connectivity index (χ4n) is 7.55. The van der Waals surface area contributed by atoms with Crippen LogP contribution in [0.3, 0.4) is 0 Å². The smallest absolute Gasteiger partial charge is 0.306 e.